The molecule has 0 radical (unpaired) electrons. The van der Waals surface area contributed by atoms with Gasteiger partial charge in [-0.3, -0.25) is 0 Å². The average molecular weight is 278 g/mol. The Morgan fingerprint density at radius 1 is 0.850 bits per heavy atom. The molecular formula is C19H34O. The third-order valence-corrected chi connectivity index (χ3v) is 3.59. The summed E-state index contributed by atoms with van der Waals surface area (Å²) in [6, 6.07) is 0. The monoisotopic (exact) mass is 278 g/mol. The van der Waals surface area contributed by atoms with E-state index < -0.39 is 0 Å². The molecular weight excluding hydrogens is 244 g/mol. The van der Waals surface area contributed by atoms with Crippen molar-refractivity contribution in [3.63, 3.8) is 0 Å². The van der Waals surface area contributed by atoms with Crippen molar-refractivity contribution in [1.29, 1.82) is 0 Å². The normalized spacial score (nSPS) is 14.3. The van der Waals surface area contributed by atoms with Crippen LogP contribution in [-0.2, 0) is 0 Å². The van der Waals surface area contributed by atoms with E-state index >= 15 is 0 Å². The highest BCUT2D eigenvalue weighted by Gasteiger charge is 1.97. The second kappa shape index (κ2) is 12.0. The number of allylic oxidation sites excluding steroid dienone is 6. The first kappa shape index (κ1) is 19.2. The van der Waals surface area contributed by atoms with Gasteiger partial charge in [-0.1, -0.05) is 41.9 Å². The van der Waals surface area contributed by atoms with Crippen molar-refractivity contribution in [1.82, 2.24) is 0 Å². The summed E-state index contributed by atoms with van der Waals surface area (Å²) in [5.74, 6) is 0.427. The third-order valence-electron chi connectivity index (χ3n) is 3.59. The molecule has 0 aliphatic rings. The van der Waals surface area contributed by atoms with Crippen molar-refractivity contribution in [2.75, 3.05) is 6.61 Å². The molecule has 1 heteroatoms. The summed E-state index contributed by atoms with van der Waals surface area (Å²) in [5, 5.41) is 8.98. The maximum absolute atomic E-state index is 8.98. The van der Waals surface area contributed by atoms with Crippen molar-refractivity contribution in [3.05, 3.63) is 34.9 Å². The molecule has 0 aromatic heterocycles. The van der Waals surface area contributed by atoms with Crippen molar-refractivity contribution in [2.24, 2.45) is 5.92 Å². The van der Waals surface area contributed by atoms with Crippen LogP contribution in [0.5, 0.6) is 0 Å². The highest BCUT2D eigenvalue weighted by molar-refractivity contribution is 5.05. The van der Waals surface area contributed by atoms with Crippen LogP contribution in [0.25, 0.3) is 0 Å². The Bertz CT molecular complexity index is 330. The summed E-state index contributed by atoms with van der Waals surface area (Å²) in [7, 11) is 0. The molecule has 1 unspecified atom stereocenters. The van der Waals surface area contributed by atoms with Gasteiger partial charge in [0.1, 0.15) is 0 Å². The zero-order valence-corrected chi connectivity index (χ0v) is 14.2. The molecule has 0 rings (SSSR count). The molecule has 0 saturated heterocycles. The topological polar surface area (TPSA) is 20.2 Å². The molecule has 20 heavy (non-hydrogen) atoms. The van der Waals surface area contributed by atoms with Crippen LogP contribution in [0.1, 0.15) is 73.1 Å². The first-order valence-corrected chi connectivity index (χ1v) is 8.01. The van der Waals surface area contributed by atoms with Gasteiger partial charge in [0.25, 0.3) is 0 Å². The first-order chi connectivity index (χ1) is 9.45. The van der Waals surface area contributed by atoms with E-state index in [0.717, 1.165) is 25.7 Å². The number of aliphatic hydroxyl groups excluding tert-OH is 1. The molecule has 1 nitrogen and oxygen atoms in total. The molecule has 0 spiro atoms. The zero-order valence-electron chi connectivity index (χ0n) is 14.2. The minimum absolute atomic E-state index is 0.306. The minimum atomic E-state index is 0.306. The van der Waals surface area contributed by atoms with Crippen LogP contribution in [0.15, 0.2) is 34.9 Å². The van der Waals surface area contributed by atoms with E-state index in [0.29, 0.717) is 12.5 Å². The average Bonchev–Trinajstić information content (AvgIpc) is 2.38. The van der Waals surface area contributed by atoms with Gasteiger partial charge in [-0.25, -0.2) is 0 Å². The summed E-state index contributed by atoms with van der Waals surface area (Å²) in [6.45, 7) is 11.2. The summed E-state index contributed by atoms with van der Waals surface area (Å²) in [6.07, 6.45) is 13.9. The molecule has 0 fully saturated rings. The van der Waals surface area contributed by atoms with Crippen molar-refractivity contribution in [3.8, 4) is 0 Å². The molecule has 0 amide bonds. The van der Waals surface area contributed by atoms with Crippen LogP contribution in [0.4, 0.5) is 0 Å². The molecule has 1 atom stereocenters. The number of hydrogen-bond donors (Lipinski definition) is 1. The molecule has 0 saturated carbocycles. The molecule has 0 bridgehead atoms. The van der Waals surface area contributed by atoms with Gasteiger partial charge in [-0.05, 0) is 72.1 Å². The standard InChI is InChI=1S/C19H34O/c1-16(2)9-6-10-17(3)11-7-12-18(4)13-8-14-19(5)15-20/h9,11,13,19-20H,6-8,10,12,14-15H2,1-5H3/b17-11+,18-13+. The molecule has 0 aromatic rings. The van der Waals surface area contributed by atoms with E-state index in [1.165, 1.54) is 29.6 Å². The van der Waals surface area contributed by atoms with E-state index in [4.69, 9.17) is 5.11 Å². The SMILES string of the molecule is CC(C)=CCC/C(C)=C/CC/C(C)=C/CCC(C)CO. The van der Waals surface area contributed by atoms with E-state index in [1.54, 1.807) is 0 Å². The first-order valence-electron chi connectivity index (χ1n) is 8.01. The fourth-order valence-corrected chi connectivity index (χ4v) is 2.04. The van der Waals surface area contributed by atoms with Crippen LogP contribution >= 0.6 is 0 Å². The van der Waals surface area contributed by atoms with Crippen LogP contribution in [0, 0.1) is 5.92 Å². The molecule has 0 aliphatic heterocycles. The number of aliphatic hydroxyl groups is 1. The third kappa shape index (κ3) is 12.2. The Kier molecular flexibility index (Phi) is 11.5. The fraction of sp³-hybridized carbons (Fsp3) is 0.684. The van der Waals surface area contributed by atoms with Gasteiger partial charge in [0.15, 0.2) is 0 Å². The van der Waals surface area contributed by atoms with Crippen LogP contribution in [0.2, 0.25) is 0 Å². The van der Waals surface area contributed by atoms with Crippen molar-refractivity contribution >= 4 is 0 Å². The predicted molar refractivity (Wildman–Crippen MR) is 90.9 cm³/mol. The Labute approximate surface area is 126 Å². The van der Waals surface area contributed by atoms with Gasteiger partial charge >= 0.3 is 0 Å². The summed E-state index contributed by atoms with van der Waals surface area (Å²) in [5.41, 5.74) is 4.39. The summed E-state index contributed by atoms with van der Waals surface area (Å²) >= 11 is 0. The fourth-order valence-electron chi connectivity index (χ4n) is 2.04. The lowest BCUT2D eigenvalue weighted by molar-refractivity contribution is 0.231. The summed E-state index contributed by atoms with van der Waals surface area (Å²) in [4.78, 5) is 0. The lowest BCUT2D eigenvalue weighted by Crippen LogP contribution is -1.99. The Morgan fingerprint density at radius 3 is 1.85 bits per heavy atom. The van der Waals surface area contributed by atoms with E-state index in [2.05, 4.69) is 52.8 Å². The summed E-state index contributed by atoms with van der Waals surface area (Å²) < 4.78 is 0. The van der Waals surface area contributed by atoms with Crippen LogP contribution in [0.3, 0.4) is 0 Å². The van der Waals surface area contributed by atoms with Gasteiger partial charge in [-0.15, -0.1) is 0 Å². The van der Waals surface area contributed by atoms with E-state index in [9.17, 15) is 0 Å². The molecule has 116 valence electrons. The molecule has 0 heterocycles. The van der Waals surface area contributed by atoms with Gasteiger partial charge in [0.2, 0.25) is 0 Å². The predicted octanol–water partition coefficient (Wildman–Crippen LogP) is 5.81. The molecule has 0 aliphatic carbocycles. The number of rotatable bonds is 10. The maximum atomic E-state index is 8.98. The van der Waals surface area contributed by atoms with Crippen LogP contribution in [-0.4, -0.2) is 11.7 Å². The second-order valence-electron chi connectivity index (χ2n) is 6.32. The van der Waals surface area contributed by atoms with Crippen LogP contribution < -0.4 is 0 Å². The van der Waals surface area contributed by atoms with Gasteiger partial charge < -0.3 is 5.11 Å². The quantitative estimate of drug-likeness (QED) is 0.500. The van der Waals surface area contributed by atoms with Crippen molar-refractivity contribution < 1.29 is 5.11 Å². The highest BCUT2D eigenvalue weighted by atomic mass is 16.3. The minimum Gasteiger partial charge on any atom is -0.396 e. The lowest BCUT2D eigenvalue weighted by Gasteiger charge is -2.05. The zero-order chi connectivity index (χ0) is 15.4. The Hall–Kier alpha value is -0.820. The largest absolute Gasteiger partial charge is 0.396 e. The maximum Gasteiger partial charge on any atom is 0.0456 e. The van der Waals surface area contributed by atoms with E-state index in [-0.39, 0.29) is 0 Å². The van der Waals surface area contributed by atoms with Gasteiger partial charge in [-0.2, -0.15) is 0 Å². The molecule has 0 aromatic carbocycles. The Morgan fingerprint density at radius 2 is 1.35 bits per heavy atom. The molecule has 1 N–H and O–H groups in total. The highest BCUT2D eigenvalue weighted by Crippen LogP contribution is 2.13. The smallest absolute Gasteiger partial charge is 0.0456 e. The van der Waals surface area contributed by atoms with Crippen molar-refractivity contribution in [2.45, 2.75) is 73.1 Å². The van der Waals surface area contributed by atoms with Gasteiger partial charge in [0, 0.05) is 6.61 Å². The van der Waals surface area contributed by atoms with Gasteiger partial charge in [0.05, 0.1) is 0 Å². The number of hydrogen-bond acceptors (Lipinski definition) is 1. The lowest BCUT2D eigenvalue weighted by atomic mass is 10.0. The van der Waals surface area contributed by atoms with E-state index in [1.807, 2.05) is 0 Å². The second-order valence-corrected chi connectivity index (χ2v) is 6.32. The Balaban J connectivity index is 3.85.